The second-order valence-electron chi connectivity index (χ2n) is 4.78. The molecule has 0 radical (unpaired) electrons. The highest BCUT2D eigenvalue weighted by Crippen LogP contribution is 2.26. The first-order valence-electron chi connectivity index (χ1n) is 6.70. The van der Waals surface area contributed by atoms with Gasteiger partial charge in [0, 0.05) is 18.5 Å². The highest BCUT2D eigenvalue weighted by molar-refractivity contribution is 8.00. The fourth-order valence-corrected chi connectivity index (χ4v) is 3.04. The number of hydrogen-bond acceptors (Lipinski definition) is 3. The molecule has 0 saturated carbocycles. The van der Waals surface area contributed by atoms with E-state index in [1.54, 1.807) is 24.1 Å². The first kappa shape index (κ1) is 16.4. The van der Waals surface area contributed by atoms with E-state index in [1.807, 2.05) is 36.4 Å². The number of nitriles is 1. The van der Waals surface area contributed by atoms with E-state index in [9.17, 15) is 4.79 Å². The number of carbonyl (C=O) groups is 1. The average Bonchev–Trinajstić information content (AvgIpc) is 2.54. The minimum atomic E-state index is 0.0364. The van der Waals surface area contributed by atoms with Gasteiger partial charge in [-0.25, -0.2) is 0 Å². The van der Waals surface area contributed by atoms with E-state index < -0.39 is 0 Å². The second kappa shape index (κ2) is 7.88. The Hall–Kier alpha value is -1.96. The molecule has 0 saturated heterocycles. The Kier molecular flexibility index (Phi) is 5.88. The first-order valence-corrected chi connectivity index (χ1v) is 8.07. The van der Waals surface area contributed by atoms with Gasteiger partial charge >= 0.3 is 0 Å². The Bertz CT molecular complexity index is 695. The zero-order chi connectivity index (χ0) is 15.9. The molecule has 0 aliphatic carbocycles. The smallest absolute Gasteiger partial charge is 0.232 e. The molecule has 2 aromatic carbocycles. The molecule has 22 heavy (non-hydrogen) atoms. The summed E-state index contributed by atoms with van der Waals surface area (Å²) in [5.74, 6) is 0.380. The molecule has 3 nitrogen and oxygen atoms in total. The largest absolute Gasteiger partial charge is 0.341 e. The summed E-state index contributed by atoms with van der Waals surface area (Å²) in [6.45, 7) is 0.521. The SMILES string of the molecule is CN(Cc1ccc(C#N)cc1)C(=O)CSc1ccccc1Cl. The lowest BCUT2D eigenvalue weighted by Crippen LogP contribution is -2.27. The predicted octanol–water partition coefficient (Wildman–Crippen LogP) is 3.96. The lowest BCUT2D eigenvalue weighted by molar-refractivity contribution is -0.127. The maximum Gasteiger partial charge on any atom is 0.232 e. The highest BCUT2D eigenvalue weighted by Gasteiger charge is 2.11. The van der Waals surface area contributed by atoms with E-state index in [2.05, 4.69) is 6.07 Å². The minimum Gasteiger partial charge on any atom is -0.341 e. The van der Waals surface area contributed by atoms with Crippen LogP contribution in [-0.4, -0.2) is 23.6 Å². The van der Waals surface area contributed by atoms with E-state index >= 15 is 0 Å². The number of thioether (sulfide) groups is 1. The Morgan fingerprint density at radius 1 is 1.23 bits per heavy atom. The van der Waals surface area contributed by atoms with Crippen LogP contribution in [-0.2, 0) is 11.3 Å². The molecule has 2 aromatic rings. The van der Waals surface area contributed by atoms with Gasteiger partial charge in [-0.15, -0.1) is 11.8 Å². The zero-order valence-corrected chi connectivity index (χ0v) is 13.7. The average molecular weight is 331 g/mol. The third-order valence-corrected chi connectivity index (χ3v) is 4.62. The minimum absolute atomic E-state index is 0.0364. The maximum atomic E-state index is 12.2. The summed E-state index contributed by atoms with van der Waals surface area (Å²) in [5, 5.41) is 9.43. The second-order valence-corrected chi connectivity index (χ2v) is 6.20. The maximum absolute atomic E-state index is 12.2. The molecule has 112 valence electrons. The van der Waals surface area contributed by atoms with Crippen molar-refractivity contribution in [2.24, 2.45) is 0 Å². The number of halogens is 1. The fourth-order valence-electron chi connectivity index (χ4n) is 1.86. The number of benzene rings is 2. The van der Waals surface area contributed by atoms with Crippen LogP contribution in [0.5, 0.6) is 0 Å². The molecule has 0 aliphatic heterocycles. The molecule has 1 amide bonds. The van der Waals surface area contributed by atoms with Crippen LogP contribution >= 0.6 is 23.4 Å². The van der Waals surface area contributed by atoms with Gasteiger partial charge in [0.1, 0.15) is 0 Å². The fraction of sp³-hybridized carbons (Fsp3) is 0.176. The van der Waals surface area contributed by atoms with Crippen molar-refractivity contribution in [1.82, 2.24) is 4.90 Å². The summed E-state index contributed by atoms with van der Waals surface area (Å²) >= 11 is 7.51. The molecule has 0 spiro atoms. The summed E-state index contributed by atoms with van der Waals surface area (Å²) in [7, 11) is 1.77. The van der Waals surface area contributed by atoms with E-state index in [-0.39, 0.29) is 5.91 Å². The van der Waals surface area contributed by atoms with Crippen molar-refractivity contribution in [3.8, 4) is 6.07 Å². The van der Waals surface area contributed by atoms with Crippen molar-refractivity contribution in [2.75, 3.05) is 12.8 Å². The third kappa shape index (κ3) is 4.52. The topological polar surface area (TPSA) is 44.1 Å². The van der Waals surface area contributed by atoms with Crippen LogP contribution in [0, 0.1) is 11.3 Å². The molecule has 0 bridgehead atoms. The molecule has 0 N–H and O–H groups in total. The number of carbonyl (C=O) groups excluding carboxylic acids is 1. The molecule has 0 atom stereocenters. The molecule has 5 heteroatoms. The van der Waals surface area contributed by atoms with Crippen LogP contribution in [0.2, 0.25) is 5.02 Å². The first-order chi connectivity index (χ1) is 10.6. The highest BCUT2D eigenvalue weighted by atomic mass is 35.5. The van der Waals surface area contributed by atoms with Gasteiger partial charge in [-0.2, -0.15) is 5.26 Å². The van der Waals surface area contributed by atoms with Gasteiger partial charge in [0.15, 0.2) is 0 Å². The van der Waals surface area contributed by atoms with Crippen LogP contribution in [0.4, 0.5) is 0 Å². The molecular weight excluding hydrogens is 316 g/mol. The third-order valence-electron chi connectivity index (χ3n) is 3.12. The van der Waals surface area contributed by atoms with Crippen molar-refractivity contribution in [1.29, 1.82) is 5.26 Å². The van der Waals surface area contributed by atoms with Gasteiger partial charge < -0.3 is 4.90 Å². The van der Waals surface area contributed by atoms with Crippen molar-refractivity contribution in [3.05, 3.63) is 64.7 Å². The molecule has 0 fully saturated rings. The van der Waals surface area contributed by atoms with E-state index in [4.69, 9.17) is 16.9 Å². The summed E-state index contributed by atoms with van der Waals surface area (Å²) in [4.78, 5) is 14.7. The van der Waals surface area contributed by atoms with Gasteiger partial charge in [0.25, 0.3) is 0 Å². The lowest BCUT2D eigenvalue weighted by atomic mass is 10.1. The van der Waals surface area contributed by atoms with Crippen LogP contribution in [0.15, 0.2) is 53.4 Å². The quantitative estimate of drug-likeness (QED) is 0.779. The molecule has 0 aliphatic rings. The van der Waals surface area contributed by atoms with E-state index in [1.165, 1.54) is 11.8 Å². The van der Waals surface area contributed by atoms with E-state index in [0.717, 1.165) is 10.5 Å². The van der Waals surface area contributed by atoms with Crippen LogP contribution < -0.4 is 0 Å². The molecule has 2 rings (SSSR count). The summed E-state index contributed by atoms with van der Waals surface area (Å²) < 4.78 is 0. The summed E-state index contributed by atoms with van der Waals surface area (Å²) in [5.41, 5.74) is 1.62. The molecular formula is C17H15ClN2OS. The van der Waals surface area contributed by atoms with E-state index in [0.29, 0.717) is 22.9 Å². The number of nitrogens with zero attached hydrogens (tertiary/aromatic N) is 2. The van der Waals surface area contributed by atoms with Crippen molar-refractivity contribution >= 4 is 29.3 Å². The molecule has 0 unspecified atom stereocenters. The monoisotopic (exact) mass is 330 g/mol. The Labute approximate surface area is 139 Å². The van der Waals surface area contributed by atoms with Gasteiger partial charge in [-0.05, 0) is 29.8 Å². The Balaban J connectivity index is 1.89. The van der Waals surface area contributed by atoms with Crippen molar-refractivity contribution in [2.45, 2.75) is 11.4 Å². The normalized spacial score (nSPS) is 10.0. The number of rotatable bonds is 5. The lowest BCUT2D eigenvalue weighted by Gasteiger charge is -2.17. The van der Waals surface area contributed by atoms with Gasteiger partial charge in [-0.3, -0.25) is 4.79 Å². The van der Waals surface area contributed by atoms with Gasteiger partial charge in [0.2, 0.25) is 5.91 Å². The van der Waals surface area contributed by atoms with Gasteiger partial charge in [-0.1, -0.05) is 35.9 Å². The number of amides is 1. The zero-order valence-electron chi connectivity index (χ0n) is 12.1. The van der Waals surface area contributed by atoms with Gasteiger partial charge in [0.05, 0.1) is 22.4 Å². The molecule has 0 aromatic heterocycles. The van der Waals surface area contributed by atoms with Crippen LogP contribution in [0.25, 0.3) is 0 Å². The van der Waals surface area contributed by atoms with Crippen LogP contribution in [0.1, 0.15) is 11.1 Å². The Morgan fingerprint density at radius 2 is 1.91 bits per heavy atom. The summed E-state index contributed by atoms with van der Waals surface area (Å²) in [6.07, 6.45) is 0. The predicted molar refractivity (Wildman–Crippen MR) is 89.8 cm³/mol. The van der Waals surface area contributed by atoms with Crippen molar-refractivity contribution in [3.63, 3.8) is 0 Å². The Morgan fingerprint density at radius 3 is 2.55 bits per heavy atom. The van der Waals surface area contributed by atoms with Crippen LogP contribution in [0.3, 0.4) is 0 Å². The molecule has 0 heterocycles. The standard InChI is InChI=1S/C17H15ClN2OS/c1-20(11-14-8-6-13(10-19)7-9-14)17(21)12-22-16-5-3-2-4-15(16)18/h2-9H,11-12H2,1H3. The number of hydrogen-bond donors (Lipinski definition) is 0. The van der Waals surface area contributed by atoms with Crippen molar-refractivity contribution < 1.29 is 4.79 Å². The summed E-state index contributed by atoms with van der Waals surface area (Å²) in [6, 6.07) is 16.8.